The van der Waals surface area contributed by atoms with Crippen LogP contribution in [0.15, 0.2) is 36.4 Å². The average Bonchev–Trinajstić information content (AvgIpc) is 2.59. The molecule has 0 radical (unpaired) electrons. The molecule has 5 nitrogen and oxygen atoms in total. The number of rotatable bonds is 5. The summed E-state index contributed by atoms with van der Waals surface area (Å²) in [5.74, 6) is -0.228. The first-order valence-electron chi connectivity index (χ1n) is 7.74. The summed E-state index contributed by atoms with van der Waals surface area (Å²) in [6.45, 7) is 5.51. The Morgan fingerprint density at radius 1 is 1.12 bits per heavy atom. The lowest BCUT2D eigenvalue weighted by Crippen LogP contribution is -2.30. The Hall–Kier alpha value is -2.53. The summed E-state index contributed by atoms with van der Waals surface area (Å²) in [7, 11) is 1.29. The maximum absolute atomic E-state index is 12.4. The molecule has 0 aromatic heterocycles. The standard InChI is InChI=1S/C19H20ClNO4/c1-11-5-6-12(2)17(9-11)25-13(3)18(22)21-16-10-14(19(23)24-4)7-8-15(16)20/h5-10,13H,1-4H3,(H,21,22)/t13-/m1/s1. The minimum Gasteiger partial charge on any atom is -0.481 e. The molecule has 0 spiro atoms. The van der Waals surface area contributed by atoms with Crippen molar-refractivity contribution in [2.45, 2.75) is 26.9 Å². The molecule has 25 heavy (non-hydrogen) atoms. The summed E-state index contributed by atoms with van der Waals surface area (Å²) in [6.07, 6.45) is -0.738. The summed E-state index contributed by atoms with van der Waals surface area (Å²) in [4.78, 5) is 24.0. The van der Waals surface area contributed by atoms with Gasteiger partial charge in [0.1, 0.15) is 5.75 Å². The number of halogens is 1. The van der Waals surface area contributed by atoms with Crippen molar-refractivity contribution >= 4 is 29.2 Å². The second-order valence-corrected chi connectivity index (χ2v) is 6.11. The largest absolute Gasteiger partial charge is 0.481 e. The van der Waals surface area contributed by atoms with Gasteiger partial charge >= 0.3 is 5.97 Å². The van der Waals surface area contributed by atoms with Gasteiger partial charge in [0.2, 0.25) is 0 Å². The summed E-state index contributed by atoms with van der Waals surface area (Å²) >= 11 is 6.09. The minimum absolute atomic E-state index is 0.297. The highest BCUT2D eigenvalue weighted by molar-refractivity contribution is 6.33. The molecule has 0 saturated carbocycles. The fourth-order valence-electron chi connectivity index (χ4n) is 2.18. The van der Waals surface area contributed by atoms with E-state index in [0.29, 0.717) is 22.0 Å². The zero-order chi connectivity index (χ0) is 18.6. The van der Waals surface area contributed by atoms with E-state index in [1.54, 1.807) is 6.92 Å². The Morgan fingerprint density at radius 2 is 1.84 bits per heavy atom. The number of carbonyl (C=O) groups excluding carboxylic acids is 2. The van der Waals surface area contributed by atoms with Crippen LogP contribution in [0.1, 0.15) is 28.4 Å². The van der Waals surface area contributed by atoms with Crippen molar-refractivity contribution < 1.29 is 19.1 Å². The van der Waals surface area contributed by atoms with Crippen molar-refractivity contribution in [1.29, 1.82) is 0 Å². The van der Waals surface area contributed by atoms with Gasteiger partial charge in [0.25, 0.3) is 5.91 Å². The summed E-state index contributed by atoms with van der Waals surface area (Å²) in [6, 6.07) is 10.3. The molecule has 0 saturated heterocycles. The van der Waals surface area contributed by atoms with Crippen LogP contribution in [-0.2, 0) is 9.53 Å². The molecule has 1 atom stereocenters. The van der Waals surface area contributed by atoms with E-state index < -0.39 is 12.1 Å². The number of nitrogens with one attached hydrogen (secondary N) is 1. The van der Waals surface area contributed by atoms with E-state index in [9.17, 15) is 9.59 Å². The number of benzene rings is 2. The average molecular weight is 362 g/mol. The van der Waals surface area contributed by atoms with Crippen LogP contribution in [0.25, 0.3) is 0 Å². The fraction of sp³-hybridized carbons (Fsp3) is 0.263. The molecule has 2 aromatic rings. The Kier molecular flexibility index (Phi) is 6.04. The molecule has 1 amide bonds. The maximum atomic E-state index is 12.4. The molecule has 2 aromatic carbocycles. The number of carbonyl (C=O) groups is 2. The number of aryl methyl sites for hydroxylation is 2. The van der Waals surface area contributed by atoms with Crippen LogP contribution < -0.4 is 10.1 Å². The normalized spacial score (nSPS) is 11.6. The molecule has 0 unspecified atom stereocenters. The van der Waals surface area contributed by atoms with Crippen molar-refractivity contribution in [3.05, 3.63) is 58.1 Å². The molecule has 0 heterocycles. The number of hydrogen-bond donors (Lipinski definition) is 1. The maximum Gasteiger partial charge on any atom is 0.337 e. The molecule has 1 N–H and O–H groups in total. The molecular formula is C19H20ClNO4. The highest BCUT2D eigenvalue weighted by Crippen LogP contribution is 2.25. The van der Waals surface area contributed by atoms with Gasteiger partial charge in [0.05, 0.1) is 23.4 Å². The first-order valence-corrected chi connectivity index (χ1v) is 8.12. The molecule has 0 bridgehead atoms. The Balaban J connectivity index is 2.13. The summed E-state index contributed by atoms with van der Waals surface area (Å²) < 4.78 is 10.4. The SMILES string of the molecule is COC(=O)c1ccc(Cl)c(NC(=O)[C@@H](C)Oc2cc(C)ccc2C)c1. The number of ether oxygens (including phenoxy) is 2. The second-order valence-electron chi connectivity index (χ2n) is 5.70. The monoisotopic (exact) mass is 361 g/mol. The van der Waals surface area contributed by atoms with E-state index >= 15 is 0 Å². The Labute approximate surface area is 151 Å². The van der Waals surface area contributed by atoms with Crippen molar-refractivity contribution in [3.63, 3.8) is 0 Å². The number of esters is 1. The van der Waals surface area contributed by atoms with Crippen molar-refractivity contribution in [3.8, 4) is 5.75 Å². The third-order valence-corrected chi connectivity index (χ3v) is 3.99. The molecule has 0 fully saturated rings. The van der Waals surface area contributed by atoms with Gasteiger partial charge < -0.3 is 14.8 Å². The lowest BCUT2D eigenvalue weighted by molar-refractivity contribution is -0.122. The Morgan fingerprint density at radius 3 is 2.52 bits per heavy atom. The number of anilines is 1. The van der Waals surface area contributed by atoms with Crippen LogP contribution in [-0.4, -0.2) is 25.1 Å². The van der Waals surface area contributed by atoms with E-state index in [1.165, 1.54) is 25.3 Å². The van der Waals surface area contributed by atoms with E-state index in [1.807, 2.05) is 32.0 Å². The van der Waals surface area contributed by atoms with Gasteiger partial charge in [0, 0.05) is 0 Å². The van der Waals surface area contributed by atoms with Gasteiger partial charge in [-0.15, -0.1) is 0 Å². The topological polar surface area (TPSA) is 64.6 Å². The number of hydrogen-bond acceptors (Lipinski definition) is 4. The quantitative estimate of drug-likeness (QED) is 0.812. The highest BCUT2D eigenvalue weighted by Gasteiger charge is 2.18. The van der Waals surface area contributed by atoms with E-state index in [-0.39, 0.29) is 5.91 Å². The molecule has 0 aliphatic rings. The minimum atomic E-state index is -0.738. The van der Waals surface area contributed by atoms with Gasteiger partial charge in [0.15, 0.2) is 6.10 Å². The third-order valence-electron chi connectivity index (χ3n) is 3.66. The van der Waals surface area contributed by atoms with Crippen LogP contribution in [0, 0.1) is 13.8 Å². The third kappa shape index (κ3) is 4.73. The first kappa shape index (κ1) is 18.8. The number of amides is 1. The fourth-order valence-corrected chi connectivity index (χ4v) is 2.34. The zero-order valence-electron chi connectivity index (χ0n) is 14.6. The predicted octanol–water partition coefficient (Wildman–Crippen LogP) is 4.15. The molecule has 6 heteroatoms. The smallest absolute Gasteiger partial charge is 0.337 e. The van der Waals surface area contributed by atoms with Gasteiger partial charge in [-0.1, -0.05) is 23.7 Å². The summed E-state index contributed by atoms with van der Waals surface area (Å²) in [5, 5.41) is 3.00. The Bertz CT molecular complexity index is 804. The van der Waals surface area contributed by atoms with E-state index in [0.717, 1.165) is 11.1 Å². The van der Waals surface area contributed by atoms with Crippen LogP contribution >= 0.6 is 11.6 Å². The van der Waals surface area contributed by atoms with Crippen LogP contribution in [0.2, 0.25) is 5.02 Å². The van der Waals surface area contributed by atoms with Gasteiger partial charge in [-0.2, -0.15) is 0 Å². The van der Waals surface area contributed by atoms with Crippen LogP contribution in [0.3, 0.4) is 0 Å². The van der Waals surface area contributed by atoms with Crippen molar-refractivity contribution in [2.24, 2.45) is 0 Å². The van der Waals surface area contributed by atoms with Crippen LogP contribution in [0.5, 0.6) is 5.75 Å². The van der Waals surface area contributed by atoms with Crippen molar-refractivity contribution in [1.82, 2.24) is 0 Å². The summed E-state index contributed by atoms with van der Waals surface area (Å²) in [5.41, 5.74) is 2.61. The van der Waals surface area contributed by atoms with E-state index in [2.05, 4.69) is 10.1 Å². The molecule has 0 aliphatic carbocycles. The first-order chi connectivity index (χ1) is 11.8. The molecular weight excluding hydrogens is 342 g/mol. The molecule has 0 aliphatic heterocycles. The van der Waals surface area contributed by atoms with Gasteiger partial charge in [-0.25, -0.2) is 4.79 Å². The molecule has 132 valence electrons. The highest BCUT2D eigenvalue weighted by atomic mass is 35.5. The molecule has 2 rings (SSSR count). The van der Waals surface area contributed by atoms with E-state index in [4.69, 9.17) is 16.3 Å². The lowest BCUT2D eigenvalue weighted by atomic mass is 10.1. The number of methoxy groups -OCH3 is 1. The second kappa shape index (κ2) is 8.03. The zero-order valence-corrected chi connectivity index (χ0v) is 15.3. The van der Waals surface area contributed by atoms with Crippen molar-refractivity contribution in [2.75, 3.05) is 12.4 Å². The van der Waals surface area contributed by atoms with Crippen LogP contribution in [0.4, 0.5) is 5.69 Å². The van der Waals surface area contributed by atoms with Gasteiger partial charge in [-0.3, -0.25) is 4.79 Å². The predicted molar refractivity (Wildman–Crippen MR) is 97.4 cm³/mol. The lowest BCUT2D eigenvalue weighted by Gasteiger charge is -2.17. The van der Waals surface area contributed by atoms with Gasteiger partial charge in [-0.05, 0) is 56.2 Å².